The summed E-state index contributed by atoms with van der Waals surface area (Å²) < 4.78 is 5.15. The molecule has 1 fully saturated rings. The molecule has 0 aromatic heterocycles. The van der Waals surface area contributed by atoms with E-state index in [2.05, 4.69) is 10.6 Å². The molecule has 2 amide bonds. The summed E-state index contributed by atoms with van der Waals surface area (Å²) in [4.78, 5) is 26.0. The maximum absolute atomic E-state index is 12.6. The van der Waals surface area contributed by atoms with Crippen molar-refractivity contribution < 1.29 is 14.3 Å². The van der Waals surface area contributed by atoms with Crippen LogP contribution in [0.25, 0.3) is 0 Å². The predicted octanol–water partition coefficient (Wildman–Crippen LogP) is 1.50. The van der Waals surface area contributed by atoms with E-state index >= 15 is 0 Å². The second kappa shape index (κ2) is 9.49. The second-order valence-corrected chi connectivity index (χ2v) is 5.87. The Morgan fingerprint density at radius 1 is 1.38 bits per heavy atom. The predicted molar refractivity (Wildman–Crippen MR) is 95.5 cm³/mol. The minimum atomic E-state index is -0.326. The van der Waals surface area contributed by atoms with Crippen molar-refractivity contribution in [1.82, 2.24) is 15.5 Å². The molecule has 2 rings (SSSR count). The topological polar surface area (TPSA) is 70.7 Å². The normalized spacial score (nSPS) is 18.3. The van der Waals surface area contributed by atoms with Crippen LogP contribution >= 0.6 is 12.4 Å². The van der Waals surface area contributed by atoms with E-state index in [1.54, 1.807) is 7.11 Å². The molecular formula is C17H26ClN3O3. The lowest BCUT2D eigenvalue weighted by molar-refractivity contribution is -0.134. The lowest BCUT2D eigenvalue weighted by atomic mass is 10.0. The van der Waals surface area contributed by atoms with Gasteiger partial charge in [0.05, 0.1) is 19.6 Å². The fraction of sp³-hybridized carbons (Fsp3) is 0.529. The number of rotatable bonds is 5. The summed E-state index contributed by atoms with van der Waals surface area (Å²) >= 11 is 0. The van der Waals surface area contributed by atoms with Crippen molar-refractivity contribution in [3.63, 3.8) is 0 Å². The Morgan fingerprint density at radius 2 is 2.04 bits per heavy atom. The lowest BCUT2D eigenvalue weighted by Gasteiger charge is -2.35. The number of nitrogens with zero attached hydrogens (tertiary/aromatic N) is 1. The summed E-state index contributed by atoms with van der Waals surface area (Å²) in [6.45, 7) is 5.82. The van der Waals surface area contributed by atoms with Crippen LogP contribution in [0, 0.1) is 0 Å². The highest BCUT2D eigenvalue weighted by molar-refractivity contribution is 5.85. The van der Waals surface area contributed by atoms with Gasteiger partial charge in [0.15, 0.2) is 0 Å². The number of nitrogens with one attached hydrogen (secondary N) is 2. The molecular weight excluding hydrogens is 330 g/mol. The van der Waals surface area contributed by atoms with Crippen LogP contribution in [0.1, 0.15) is 31.9 Å². The van der Waals surface area contributed by atoms with Crippen LogP contribution in [0.15, 0.2) is 24.3 Å². The third kappa shape index (κ3) is 5.39. The molecule has 1 saturated heterocycles. The van der Waals surface area contributed by atoms with Crippen molar-refractivity contribution in [3.05, 3.63) is 29.8 Å². The van der Waals surface area contributed by atoms with Gasteiger partial charge in [-0.3, -0.25) is 9.59 Å². The molecule has 0 saturated carbocycles. The van der Waals surface area contributed by atoms with Gasteiger partial charge in [-0.1, -0.05) is 12.1 Å². The Balaban J connectivity index is 0.00000288. The number of ether oxygens (including phenoxy) is 1. The molecule has 2 atom stereocenters. The first-order chi connectivity index (χ1) is 11.0. The number of methoxy groups -OCH3 is 1. The zero-order valence-electron chi connectivity index (χ0n) is 14.4. The summed E-state index contributed by atoms with van der Waals surface area (Å²) in [6, 6.07) is 7.28. The third-order valence-electron chi connectivity index (χ3n) is 4.10. The standard InChI is InChI=1S/C17H25N3O3.ClH/c1-12-11-18-8-9-20(12)17(22)10-16(19-13(2)21)14-4-6-15(23-3)7-5-14;/h4-7,12,16,18H,8-11H2,1-3H3,(H,19,21);1H/t12-,16?;/m0./s1. The number of hydrogen-bond acceptors (Lipinski definition) is 4. The zero-order valence-corrected chi connectivity index (χ0v) is 15.2. The van der Waals surface area contributed by atoms with Crippen molar-refractivity contribution in [1.29, 1.82) is 0 Å². The van der Waals surface area contributed by atoms with Crippen molar-refractivity contribution in [2.24, 2.45) is 0 Å². The van der Waals surface area contributed by atoms with Gasteiger partial charge in [-0.2, -0.15) is 0 Å². The van der Waals surface area contributed by atoms with E-state index in [0.717, 1.165) is 24.4 Å². The molecule has 24 heavy (non-hydrogen) atoms. The zero-order chi connectivity index (χ0) is 16.8. The second-order valence-electron chi connectivity index (χ2n) is 5.87. The van der Waals surface area contributed by atoms with E-state index in [-0.39, 0.29) is 42.7 Å². The van der Waals surface area contributed by atoms with Gasteiger partial charge in [0.2, 0.25) is 11.8 Å². The van der Waals surface area contributed by atoms with E-state index in [4.69, 9.17) is 4.74 Å². The first-order valence-corrected chi connectivity index (χ1v) is 7.92. The van der Waals surface area contributed by atoms with Gasteiger partial charge >= 0.3 is 0 Å². The van der Waals surface area contributed by atoms with Crippen LogP contribution < -0.4 is 15.4 Å². The molecule has 1 heterocycles. The fourth-order valence-corrected chi connectivity index (χ4v) is 2.84. The van der Waals surface area contributed by atoms with Gasteiger partial charge in [0, 0.05) is 32.6 Å². The molecule has 0 aliphatic carbocycles. The van der Waals surface area contributed by atoms with Gasteiger partial charge in [-0.05, 0) is 24.6 Å². The van der Waals surface area contributed by atoms with Crippen molar-refractivity contribution in [3.8, 4) is 5.75 Å². The van der Waals surface area contributed by atoms with Crippen molar-refractivity contribution >= 4 is 24.2 Å². The minimum Gasteiger partial charge on any atom is -0.497 e. The summed E-state index contributed by atoms with van der Waals surface area (Å²) in [6.07, 6.45) is 0.260. The van der Waals surface area contributed by atoms with E-state index < -0.39 is 0 Å². The molecule has 1 aromatic carbocycles. The molecule has 0 spiro atoms. The van der Waals surface area contributed by atoms with Crippen molar-refractivity contribution in [2.45, 2.75) is 32.4 Å². The van der Waals surface area contributed by atoms with E-state index in [1.807, 2.05) is 36.1 Å². The van der Waals surface area contributed by atoms with Crippen LogP contribution in [0.4, 0.5) is 0 Å². The number of benzene rings is 1. The summed E-state index contributed by atoms with van der Waals surface area (Å²) in [5.74, 6) is 0.665. The maximum atomic E-state index is 12.6. The smallest absolute Gasteiger partial charge is 0.225 e. The average Bonchev–Trinajstić information content (AvgIpc) is 2.54. The number of hydrogen-bond donors (Lipinski definition) is 2. The number of carbonyl (C=O) groups is 2. The highest BCUT2D eigenvalue weighted by Crippen LogP contribution is 2.22. The Labute approximate surface area is 149 Å². The number of piperazine rings is 1. The fourth-order valence-electron chi connectivity index (χ4n) is 2.84. The Hall–Kier alpha value is -1.79. The molecule has 1 aromatic rings. The molecule has 0 radical (unpaired) electrons. The molecule has 1 unspecified atom stereocenters. The lowest BCUT2D eigenvalue weighted by Crippen LogP contribution is -2.52. The summed E-state index contributed by atoms with van der Waals surface area (Å²) in [7, 11) is 1.61. The molecule has 134 valence electrons. The molecule has 1 aliphatic heterocycles. The van der Waals surface area contributed by atoms with Crippen LogP contribution in [0.5, 0.6) is 5.75 Å². The summed E-state index contributed by atoms with van der Waals surface area (Å²) in [5, 5.41) is 6.15. The Bertz CT molecular complexity index is 551. The monoisotopic (exact) mass is 355 g/mol. The Morgan fingerprint density at radius 3 is 2.58 bits per heavy atom. The van der Waals surface area contributed by atoms with Gasteiger partial charge in [0.25, 0.3) is 0 Å². The van der Waals surface area contributed by atoms with Crippen molar-refractivity contribution in [2.75, 3.05) is 26.7 Å². The Kier molecular flexibility index (Phi) is 8.01. The third-order valence-corrected chi connectivity index (χ3v) is 4.10. The largest absolute Gasteiger partial charge is 0.497 e. The average molecular weight is 356 g/mol. The quantitative estimate of drug-likeness (QED) is 0.839. The molecule has 7 heteroatoms. The van der Waals surface area contributed by atoms with Crippen LogP contribution in [-0.2, 0) is 9.59 Å². The van der Waals surface area contributed by atoms with Crippen LogP contribution in [0.2, 0.25) is 0 Å². The molecule has 0 bridgehead atoms. The highest BCUT2D eigenvalue weighted by atomic mass is 35.5. The number of halogens is 1. The molecule has 1 aliphatic rings. The number of carbonyl (C=O) groups excluding carboxylic acids is 2. The van der Waals surface area contributed by atoms with Crippen LogP contribution in [0.3, 0.4) is 0 Å². The first kappa shape index (κ1) is 20.3. The maximum Gasteiger partial charge on any atom is 0.225 e. The van der Waals surface area contributed by atoms with E-state index in [9.17, 15) is 9.59 Å². The minimum absolute atomic E-state index is 0. The van der Waals surface area contributed by atoms with Crippen LogP contribution in [-0.4, -0.2) is 49.5 Å². The van der Waals surface area contributed by atoms with Gasteiger partial charge < -0.3 is 20.3 Å². The number of amides is 2. The van der Waals surface area contributed by atoms with Gasteiger partial charge in [0.1, 0.15) is 5.75 Å². The van der Waals surface area contributed by atoms with Gasteiger partial charge in [-0.25, -0.2) is 0 Å². The summed E-state index contributed by atoms with van der Waals surface area (Å²) in [5.41, 5.74) is 0.900. The van der Waals surface area contributed by atoms with Gasteiger partial charge in [-0.15, -0.1) is 12.4 Å². The molecule has 2 N–H and O–H groups in total. The first-order valence-electron chi connectivity index (χ1n) is 7.92. The highest BCUT2D eigenvalue weighted by Gasteiger charge is 2.26. The molecule has 6 nitrogen and oxygen atoms in total. The SMILES string of the molecule is COc1ccc(C(CC(=O)N2CCNC[C@@H]2C)NC(C)=O)cc1.Cl. The van der Waals surface area contributed by atoms with E-state index in [0.29, 0.717) is 6.54 Å². The van der Waals surface area contributed by atoms with E-state index in [1.165, 1.54) is 6.92 Å².